The van der Waals surface area contributed by atoms with Crippen molar-refractivity contribution in [3.8, 4) is 0 Å². The number of furan rings is 1. The molecule has 1 amide bonds. The highest BCUT2D eigenvalue weighted by Gasteiger charge is 2.31. The average molecular weight is 347 g/mol. The number of carbonyl (C=O) groups excluding carboxylic acids is 1. The molecule has 2 rings (SSSR count). The molecule has 0 saturated carbocycles. The van der Waals surface area contributed by atoms with E-state index in [-0.39, 0.29) is 6.79 Å². The second-order valence-electron chi connectivity index (χ2n) is 6.54. The van der Waals surface area contributed by atoms with E-state index in [4.69, 9.17) is 18.6 Å². The molecule has 0 unspecified atom stereocenters. The highest BCUT2D eigenvalue weighted by molar-refractivity contribution is 5.68. The molecule has 0 bridgehead atoms. The van der Waals surface area contributed by atoms with Gasteiger partial charge in [0.15, 0.2) is 0 Å². The van der Waals surface area contributed by atoms with E-state index in [0.29, 0.717) is 5.76 Å². The molecule has 1 aromatic carbocycles. The molecule has 0 saturated heterocycles. The van der Waals surface area contributed by atoms with Crippen LogP contribution in [0.15, 0.2) is 53.1 Å². The van der Waals surface area contributed by atoms with Crippen molar-refractivity contribution in [1.29, 1.82) is 0 Å². The number of ether oxygens (including phenoxy) is 3. The van der Waals surface area contributed by atoms with Crippen LogP contribution < -0.4 is 5.32 Å². The monoisotopic (exact) mass is 347 g/mol. The molecule has 6 nitrogen and oxygen atoms in total. The van der Waals surface area contributed by atoms with Gasteiger partial charge in [0.1, 0.15) is 30.3 Å². The lowest BCUT2D eigenvalue weighted by Gasteiger charge is -2.28. The quantitative estimate of drug-likeness (QED) is 0.760. The topological polar surface area (TPSA) is 69.9 Å². The third-order valence-corrected chi connectivity index (χ3v) is 3.32. The first-order chi connectivity index (χ1) is 11.9. The van der Waals surface area contributed by atoms with E-state index in [9.17, 15) is 4.79 Å². The van der Waals surface area contributed by atoms with Gasteiger partial charge in [-0.15, -0.1) is 0 Å². The number of carbonyl (C=O) groups is 1. The molecule has 1 heterocycles. The van der Waals surface area contributed by atoms with Crippen LogP contribution in [0.5, 0.6) is 0 Å². The molecule has 25 heavy (non-hydrogen) atoms. The van der Waals surface area contributed by atoms with Gasteiger partial charge in [0.2, 0.25) is 0 Å². The molecule has 6 heteroatoms. The van der Waals surface area contributed by atoms with Crippen molar-refractivity contribution in [1.82, 2.24) is 5.32 Å². The van der Waals surface area contributed by atoms with Crippen molar-refractivity contribution in [3.63, 3.8) is 0 Å². The van der Waals surface area contributed by atoms with Crippen molar-refractivity contribution in [2.24, 2.45) is 0 Å². The molecule has 0 fully saturated rings. The number of alkyl carbamates (subject to hydrolysis) is 1. The Kier molecular flexibility index (Phi) is 6.61. The average Bonchev–Trinajstić information content (AvgIpc) is 3.07. The predicted octanol–water partition coefficient (Wildman–Crippen LogP) is 4.21. The lowest BCUT2D eigenvalue weighted by molar-refractivity contribution is -0.0884. The first kappa shape index (κ1) is 19.0. The van der Waals surface area contributed by atoms with Crippen LogP contribution in [0.4, 0.5) is 4.79 Å². The molecular formula is C19H25NO5. The Balaban J connectivity index is 2.29. The fourth-order valence-corrected chi connectivity index (χ4v) is 2.37. The first-order valence-electron chi connectivity index (χ1n) is 8.09. The van der Waals surface area contributed by atoms with Gasteiger partial charge in [-0.3, -0.25) is 0 Å². The van der Waals surface area contributed by atoms with E-state index in [1.54, 1.807) is 25.5 Å². The lowest BCUT2D eigenvalue weighted by Crippen LogP contribution is -2.38. The maximum Gasteiger partial charge on any atom is 0.408 e. The summed E-state index contributed by atoms with van der Waals surface area (Å²) in [5.41, 5.74) is 0.282. The summed E-state index contributed by atoms with van der Waals surface area (Å²) in [5, 5.41) is 2.85. The van der Waals surface area contributed by atoms with E-state index in [1.807, 2.05) is 51.1 Å². The van der Waals surface area contributed by atoms with Crippen molar-refractivity contribution in [2.75, 3.05) is 13.9 Å². The molecule has 0 aliphatic rings. The lowest BCUT2D eigenvalue weighted by atomic mass is 10.00. The molecule has 0 aliphatic heterocycles. The molecule has 2 atom stereocenters. The van der Waals surface area contributed by atoms with Crippen LogP contribution in [0.2, 0.25) is 0 Å². The smallest absolute Gasteiger partial charge is 0.408 e. The Morgan fingerprint density at radius 3 is 2.44 bits per heavy atom. The van der Waals surface area contributed by atoms with E-state index >= 15 is 0 Å². The van der Waals surface area contributed by atoms with Crippen molar-refractivity contribution >= 4 is 6.09 Å². The summed E-state index contributed by atoms with van der Waals surface area (Å²) in [7, 11) is 1.55. The molecule has 136 valence electrons. The summed E-state index contributed by atoms with van der Waals surface area (Å²) in [6.45, 7) is 5.51. The van der Waals surface area contributed by atoms with E-state index in [2.05, 4.69) is 5.32 Å². The van der Waals surface area contributed by atoms with Gasteiger partial charge < -0.3 is 23.9 Å². The van der Waals surface area contributed by atoms with Gasteiger partial charge >= 0.3 is 6.09 Å². The third kappa shape index (κ3) is 5.92. The van der Waals surface area contributed by atoms with Gasteiger partial charge in [-0.25, -0.2) is 4.79 Å². The second kappa shape index (κ2) is 8.69. The summed E-state index contributed by atoms with van der Waals surface area (Å²) >= 11 is 0. The number of hydrogen-bond acceptors (Lipinski definition) is 5. The minimum atomic E-state index is -0.604. The number of benzene rings is 1. The molecule has 0 radical (unpaired) electrons. The third-order valence-electron chi connectivity index (χ3n) is 3.32. The Hall–Kier alpha value is -2.31. The molecular weight excluding hydrogens is 322 g/mol. The summed E-state index contributed by atoms with van der Waals surface area (Å²) in [4.78, 5) is 12.3. The van der Waals surface area contributed by atoms with Crippen LogP contribution >= 0.6 is 0 Å². The Bertz CT molecular complexity index is 634. The Labute approximate surface area is 148 Å². The SMILES string of the molecule is COCO[C@@H](c1ccccc1)[C@H](NC(=O)OC(C)(C)C)c1ccco1. The molecule has 0 aliphatic carbocycles. The largest absolute Gasteiger partial charge is 0.467 e. The number of amides is 1. The summed E-state index contributed by atoms with van der Waals surface area (Å²) in [6, 6.07) is 12.6. The van der Waals surface area contributed by atoms with Crippen LogP contribution in [0, 0.1) is 0 Å². The molecule has 2 aromatic rings. The maximum absolute atomic E-state index is 12.3. The minimum absolute atomic E-state index is 0.0762. The Morgan fingerprint density at radius 1 is 1.16 bits per heavy atom. The minimum Gasteiger partial charge on any atom is -0.467 e. The van der Waals surface area contributed by atoms with E-state index < -0.39 is 23.8 Å². The first-order valence-corrected chi connectivity index (χ1v) is 8.09. The Morgan fingerprint density at radius 2 is 1.88 bits per heavy atom. The van der Waals surface area contributed by atoms with Gasteiger partial charge in [-0.2, -0.15) is 0 Å². The van der Waals surface area contributed by atoms with E-state index in [1.165, 1.54) is 0 Å². The summed E-state index contributed by atoms with van der Waals surface area (Å²) in [6.07, 6.45) is 0.507. The molecule has 0 spiro atoms. The summed E-state index contributed by atoms with van der Waals surface area (Å²) < 4.78 is 21.8. The zero-order chi connectivity index (χ0) is 18.3. The van der Waals surface area contributed by atoms with Gasteiger partial charge in [0, 0.05) is 7.11 Å². The van der Waals surface area contributed by atoms with Gasteiger partial charge in [-0.1, -0.05) is 30.3 Å². The highest BCUT2D eigenvalue weighted by Crippen LogP contribution is 2.32. The van der Waals surface area contributed by atoms with Crippen molar-refractivity contribution in [2.45, 2.75) is 38.5 Å². The normalized spacial score (nSPS) is 13.9. The van der Waals surface area contributed by atoms with Crippen LogP contribution in [0.3, 0.4) is 0 Å². The molecule has 1 N–H and O–H groups in total. The van der Waals surface area contributed by atoms with E-state index in [0.717, 1.165) is 5.56 Å². The summed E-state index contributed by atoms with van der Waals surface area (Å²) in [5.74, 6) is 0.566. The van der Waals surface area contributed by atoms with Crippen molar-refractivity contribution in [3.05, 3.63) is 60.1 Å². The van der Waals surface area contributed by atoms with Crippen LogP contribution in [0.25, 0.3) is 0 Å². The zero-order valence-electron chi connectivity index (χ0n) is 15.0. The fraction of sp³-hybridized carbons (Fsp3) is 0.421. The second-order valence-corrected chi connectivity index (χ2v) is 6.54. The van der Waals surface area contributed by atoms with Gasteiger partial charge in [0.25, 0.3) is 0 Å². The fourth-order valence-electron chi connectivity index (χ4n) is 2.37. The number of rotatable bonds is 7. The number of nitrogens with one attached hydrogen (secondary N) is 1. The number of methoxy groups -OCH3 is 1. The maximum atomic E-state index is 12.3. The van der Waals surface area contributed by atoms with Crippen molar-refractivity contribution < 1.29 is 23.4 Å². The zero-order valence-corrected chi connectivity index (χ0v) is 15.0. The standard InChI is InChI=1S/C19H25NO5/c1-19(2,3)25-18(21)20-16(15-11-8-12-23-15)17(24-13-22-4)14-9-6-5-7-10-14/h5-12,16-17H,13H2,1-4H3,(H,20,21)/t16-,17+/m1/s1. The van der Waals surface area contributed by atoms with Crippen LogP contribution in [-0.2, 0) is 14.2 Å². The van der Waals surface area contributed by atoms with Crippen LogP contribution in [-0.4, -0.2) is 25.6 Å². The van der Waals surface area contributed by atoms with Gasteiger partial charge in [0.05, 0.1) is 6.26 Å². The molecule has 1 aromatic heterocycles. The van der Waals surface area contributed by atoms with Crippen LogP contribution in [0.1, 0.15) is 44.2 Å². The predicted molar refractivity (Wildman–Crippen MR) is 93.0 cm³/mol. The highest BCUT2D eigenvalue weighted by atomic mass is 16.7. The number of hydrogen-bond donors (Lipinski definition) is 1. The van der Waals surface area contributed by atoms with Gasteiger partial charge in [-0.05, 0) is 38.5 Å².